The summed E-state index contributed by atoms with van der Waals surface area (Å²) in [6.07, 6.45) is 4.29. The van der Waals surface area contributed by atoms with Crippen LogP contribution >= 0.6 is 10.8 Å². The first-order chi connectivity index (χ1) is 6.16. The Labute approximate surface area is 84.1 Å². The second kappa shape index (κ2) is 2.69. The maximum Gasteiger partial charge on any atom is 0.0286 e. The predicted octanol–water partition coefficient (Wildman–Crippen LogP) is 2.03. The van der Waals surface area contributed by atoms with Crippen molar-refractivity contribution in [3.8, 4) is 0 Å². The van der Waals surface area contributed by atoms with Gasteiger partial charge in [0.1, 0.15) is 0 Å². The minimum absolute atomic E-state index is 0.782. The Bertz CT molecular complexity index is 320. The summed E-state index contributed by atoms with van der Waals surface area (Å²) < 4.78 is 11.9. The van der Waals surface area contributed by atoms with Crippen molar-refractivity contribution in [2.45, 2.75) is 19.3 Å². The molecule has 0 aromatic heterocycles. The highest BCUT2D eigenvalue weighted by molar-refractivity contribution is 8.75. The van der Waals surface area contributed by atoms with Crippen molar-refractivity contribution in [3.05, 3.63) is 0 Å². The van der Waals surface area contributed by atoms with E-state index in [1.807, 2.05) is 0 Å². The summed E-state index contributed by atoms with van der Waals surface area (Å²) in [6.45, 7) is 0. The van der Waals surface area contributed by atoms with Gasteiger partial charge in [-0.25, -0.2) is 0 Å². The van der Waals surface area contributed by atoms with Crippen LogP contribution in [0.15, 0.2) is 0 Å². The Morgan fingerprint density at radius 2 is 1.92 bits per heavy atom. The quantitative estimate of drug-likeness (QED) is 0.455. The molecule has 2 aliphatic carbocycles. The fourth-order valence-electron chi connectivity index (χ4n) is 3.59. The van der Waals surface area contributed by atoms with Gasteiger partial charge in [-0.05, 0) is 48.8 Å². The molecule has 0 spiro atoms. The standard InChI is InChI=1S/C10H16OS2/c1-13(11)6-10-8-3-2-7(4-8)9(10)5-12-13/h7-10H,1-6H2/t7-,8+,9?,10?,13?/m0/s1. The number of rotatable bonds is 0. The first-order valence-electron chi connectivity index (χ1n) is 5.15. The molecule has 2 saturated carbocycles. The van der Waals surface area contributed by atoms with Crippen LogP contribution in [0, 0.1) is 23.7 Å². The molecule has 5 atom stereocenters. The molecule has 3 heteroatoms. The maximum atomic E-state index is 11.9. The van der Waals surface area contributed by atoms with Crippen LogP contribution in [0.5, 0.6) is 0 Å². The lowest BCUT2D eigenvalue weighted by molar-refractivity contribution is 0.266. The molecule has 13 heavy (non-hydrogen) atoms. The average Bonchev–Trinajstić information content (AvgIpc) is 2.61. The van der Waals surface area contributed by atoms with Crippen molar-refractivity contribution in [3.63, 3.8) is 0 Å². The summed E-state index contributed by atoms with van der Waals surface area (Å²) in [5, 5.41) is 0. The second-order valence-electron chi connectivity index (χ2n) is 4.86. The van der Waals surface area contributed by atoms with Crippen molar-refractivity contribution >= 4 is 25.2 Å². The Hall–Kier alpha value is 0.370. The monoisotopic (exact) mass is 216 g/mol. The highest BCUT2D eigenvalue weighted by Crippen LogP contribution is 2.56. The van der Waals surface area contributed by atoms with Crippen LogP contribution < -0.4 is 0 Å². The molecular weight excluding hydrogens is 200 g/mol. The first-order valence-corrected chi connectivity index (χ1v) is 8.55. The van der Waals surface area contributed by atoms with E-state index in [4.69, 9.17) is 0 Å². The lowest BCUT2D eigenvalue weighted by Gasteiger charge is -2.35. The zero-order valence-corrected chi connectivity index (χ0v) is 9.41. The van der Waals surface area contributed by atoms with Crippen molar-refractivity contribution in [2.75, 3.05) is 11.5 Å². The van der Waals surface area contributed by atoms with Gasteiger partial charge in [0.05, 0.1) is 0 Å². The molecule has 3 rings (SSSR count). The molecule has 0 N–H and O–H groups in total. The molecule has 3 unspecified atom stereocenters. The molecular formula is C10H16OS2. The van der Waals surface area contributed by atoms with Gasteiger partial charge < -0.3 is 0 Å². The lowest BCUT2D eigenvalue weighted by atomic mass is 9.81. The molecule has 0 radical (unpaired) electrons. The fourth-order valence-corrected chi connectivity index (χ4v) is 7.69. The van der Waals surface area contributed by atoms with Gasteiger partial charge in [-0.3, -0.25) is 4.21 Å². The molecule has 2 bridgehead atoms. The van der Waals surface area contributed by atoms with E-state index in [1.54, 1.807) is 10.8 Å². The van der Waals surface area contributed by atoms with Crippen molar-refractivity contribution in [1.29, 1.82) is 0 Å². The Morgan fingerprint density at radius 1 is 1.23 bits per heavy atom. The Kier molecular flexibility index (Phi) is 1.79. The summed E-state index contributed by atoms with van der Waals surface area (Å²) in [7, 11) is -0.0896. The van der Waals surface area contributed by atoms with E-state index in [0.717, 1.165) is 35.2 Å². The SMILES string of the molecule is C=S1(=O)CC2C(CS1)[C@H]1CC[C@@H]2C1. The minimum atomic E-state index is -1.74. The number of hydrogen-bond acceptors (Lipinski definition) is 2. The van der Waals surface area contributed by atoms with Gasteiger partial charge in [0.15, 0.2) is 0 Å². The molecule has 1 aliphatic heterocycles. The maximum absolute atomic E-state index is 11.9. The fraction of sp³-hybridized carbons (Fsp3) is 0.900. The molecule has 1 saturated heterocycles. The summed E-state index contributed by atoms with van der Waals surface area (Å²) in [5.41, 5.74) is 0. The van der Waals surface area contributed by atoms with Crippen LogP contribution in [0.4, 0.5) is 0 Å². The Balaban J connectivity index is 1.89. The van der Waals surface area contributed by atoms with Crippen LogP contribution in [0.3, 0.4) is 0 Å². The summed E-state index contributed by atoms with van der Waals surface area (Å²) in [5.74, 6) is 9.50. The van der Waals surface area contributed by atoms with Crippen LogP contribution in [0.1, 0.15) is 19.3 Å². The molecule has 0 aromatic carbocycles. The number of hydrogen-bond donors (Lipinski definition) is 0. The highest BCUT2D eigenvalue weighted by Gasteiger charge is 2.49. The molecule has 3 fully saturated rings. The van der Waals surface area contributed by atoms with E-state index in [0.29, 0.717) is 0 Å². The van der Waals surface area contributed by atoms with Gasteiger partial charge in [-0.15, -0.1) is 0 Å². The zero-order valence-electron chi connectivity index (χ0n) is 7.78. The van der Waals surface area contributed by atoms with Crippen molar-refractivity contribution in [2.24, 2.45) is 23.7 Å². The van der Waals surface area contributed by atoms with Crippen LogP contribution in [0.2, 0.25) is 0 Å². The van der Waals surface area contributed by atoms with Crippen molar-refractivity contribution in [1.82, 2.24) is 0 Å². The third kappa shape index (κ3) is 1.27. The van der Waals surface area contributed by atoms with Crippen LogP contribution in [-0.4, -0.2) is 21.6 Å². The highest BCUT2D eigenvalue weighted by atomic mass is 33.1. The van der Waals surface area contributed by atoms with E-state index >= 15 is 0 Å². The third-order valence-corrected chi connectivity index (χ3v) is 8.14. The molecule has 1 heterocycles. The van der Waals surface area contributed by atoms with Gasteiger partial charge in [-0.1, -0.05) is 10.8 Å². The summed E-state index contributed by atoms with van der Waals surface area (Å²) >= 11 is 0. The number of fused-ring (bicyclic) bond motifs is 5. The van der Waals surface area contributed by atoms with E-state index in [2.05, 4.69) is 5.87 Å². The minimum Gasteiger partial charge on any atom is -0.257 e. The Morgan fingerprint density at radius 3 is 2.69 bits per heavy atom. The summed E-state index contributed by atoms with van der Waals surface area (Å²) in [6, 6.07) is 0. The summed E-state index contributed by atoms with van der Waals surface area (Å²) in [4.78, 5) is 0. The second-order valence-corrected chi connectivity index (χ2v) is 9.77. The van der Waals surface area contributed by atoms with Crippen molar-refractivity contribution < 1.29 is 4.21 Å². The van der Waals surface area contributed by atoms with E-state index in [1.165, 1.54) is 19.3 Å². The van der Waals surface area contributed by atoms with Crippen LogP contribution in [-0.2, 0) is 8.55 Å². The molecule has 0 amide bonds. The predicted molar refractivity (Wildman–Crippen MR) is 60.4 cm³/mol. The first kappa shape index (κ1) is 8.66. The molecule has 1 nitrogen and oxygen atoms in total. The van der Waals surface area contributed by atoms with E-state index in [-0.39, 0.29) is 0 Å². The normalized spacial score (nSPS) is 59.4. The lowest BCUT2D eigenvalue weighted by Crippen LogP contribution is -2.33. The largest absolute Gasteiger partial charge is 0.257 e. The van der Waals surface area contributed by atoms with E-state index in [9.17, 15) is 4.21 Å². The molecule has 0 aromatic rings. The molecule has 74 valence electrons. The zero-order chi connectivity index (χ0) is 9.05. The van der Waals surface area contributed by atoms with Gasteiger partial charge in [0.25, 0.3) is 0 Å². The molecule has 3 aliphatic rings. The average molecular weight is 216 g/mol. The smallest absolute Gasteiger partial charge is 0.0286 e. The third-order valence-electron chi connectivity index (χ3n) is 4.20. The van der Waals surface area contributed by atoms with Gasteiger partial charge >= 0.3 is 0 Å². The topological polar surface area (TPSA) is 17.1 Å². The van der Waals surface area contributed by atoms with Gasteiger partial charge in [0.2, 0.25) is 0 Å². The van der Waals surface area contributed by atoms with Crippen LogP contribution in [0.25, 0.3) is 0 Å². The van der Waals surface area contributed by atoms with E-state index < -0.39 is 8.55 Å². The van der Waals surface area contributed by atoms with Gasteiger partial charge in [-0.2, -0.15) is 0 Å². The van der Waals surface area contributed by atoms with Gasteiger partial charge in [0, 0.05) is 20.1 Å².